The van der Waals surface area contributed by atoms with Crippen LogP contribution < -0.4 is 0 Å². The zero-order valence-electron chi connectivity index (χ0n) is 8.58. The Morgan fingerprint density at radius 1 is 1.31 bits per heavy atom. The third-order valence-corrected chi connectivity index (χ3v) is 3.66. The summed E-state index contributed by atoms with van der Waals surface area (Å²) >= 11 is 7.08. The first-order chi connectivity index (χ1) is 7.58. The fourth-order valence-corrected chi connectivity index (χ4v) is 2.49. The van der Waals surface area contributed by atoms with E-state index in [1.54, 1.807) is 31.2 Å². The molecule has 0 saturated heterocycles. The van der Waals surface area contributed by atoms with E-state index in [1.807, 2.05) is 0 Å². The van der Waals surface area contributed by atoms with Crippen LogP contribution in [0, 0.1) is 12.7 Å². The molecule has 0 amide bonds. The van der Waals surface area contributed by atoms with E-state index < -0.39 is 6.10 Å². The summed E-state index contributed by atoms with van der Waals surface area (Å²) in [5, 5.41) is 10.0. The van der Waals surface area contributed by atoms with E-state index in [4.69, 9.17) is 11.6 Å². The average molecular weight is 257 g/mol. The lowest BCUT2D eigenvalue weighted by molar-refractivity contribution is 0.223. The van der Waals surface area contributed by atoms with Crippen molar-refractivity contribution in [2.75, 3.05) is 0 Å². The van der Waals surface area contributed by atoms with Gasteiger partial charge in [0.15, 0.2) is 0 Å². The van der Waals surface area contributed by atoms with Gasteiger partial charge in [0.05, 0.1) is 4.34 Å². The minimum Gasteiger partial charge on any atom is -0.383 e. The number of aliphatic hydroxyl groups excluding tert-OH is 1. The molecule has 84 valence electrons. The summed E-state index contributed by atoms with van der Waals surface area (Å²) in [7, 11) is 0. The maximum Gasteiger partial charge on any atom is 0.126 e. The number of benzene rings is 1. The zero-order chi connectivity index (χ0) is 11.7. The van der Waals surface area contributed by atoms with Crippen LogP contribution in [0.15, 0.2) is 30.3 Å². The second-order valence-corrected chi connectivity index (χ2v) is 5.30. The highest BCUT2D eigenvalue weighted by Gasteiger charge is 2.13. The van der Waals surface area contributed by atoms with E-state index in [9.17, 15) is 9.50 Å². The minimum atomic E-state index is -0.812. The molecule has 0 fully saturated rings. The maximum atomic E-state index is 13.3. The Balaban J connectivity index is 2.33. The fraction of sp³-hybridized carbons (Fsp3) is 0.167. The first-order valence-corrected chi connectivity index (χ1v) is 5.96. The molecule has 0 aliphatic rings. The fourth-order valence-electron chi connectivity index (χ4n) is 1.42. The highest BCUT2D eigenvalue weighted by molar-refractivity contribution is 7.16. The van der Waals surface area contributed by atoms with Crippen molar-refractivity contribution in [2.24, 2.45) is 0 Å². The summed E-state index contributed by atoms with van der Waals surface area (Å²) in [6, 6.07) is 8.19. The van der Waals surface area contributed by atoms with Crippen molar-refractivity contribution >= 4 is 22.9 Å². The Labute approximate surface area is 102 Å². The van der Waals surface area contributed by atoms with E-state index in [-0.39, 0.29) is 5.82 Å². The van der Waals surface area contributed by atoms with Crippen molar-refractivity contribution in [2.45, 2.75) is 13.0 Å². The summed E-state index contributed by atoms with van der Waals surface area (Å²) < 4.78 is 13.9. The van der Waals surface area contributed by atoms with Gasteiger partial charge in [-0.25, -0.2) is 4.39 Å². The smallest absolute Gasteiger partial charge is 0.126 e. The van der Waals surface area contributed by atoms with Gasteiger partial charge in [-0.3, -0.25) is 0 Å². The van der Waals surface area contributed by atoms with Crippen molar-refractivity contribution in [3.8, 4) is 0 Å². The van der Waals surface area contributed by atoms with Crippen LogP contribution >= 0.6 is 22.9 Å². The number of hydrogen-bond donors (Lipinski definition) is 1. The first kappa shape index (κ1) is 11.6. The molecule has 0 saturated carbocycles. The van der Waals surface area contributed by atoms with E-state index in [0.717, 1.165) is 0 Å². The quantitative estimate of drug-likeness (QED) is 0.863. The predicted octanol–water partition coefficient (Wildman–Crippen LogP) is 3.93. The van der Waals surface area contributed by atoms with Gasteiger partial charge in [0.1, 0.15) is 11.9 Å². The molecule has 0 spiro atoms. The molecular formula is C12H10ClFOS. The molecule has 2 rings (SSSR count). The standard InChI is InChI=1S/C12H10ClFOS/c1-7-2-3-8(6-9(7)14)12(15)10-4-5-11(13)16-10/h2-6,12,15H,1H3. The first-order valence-electron chi connectivity index (χ1n) is 4.77. The normalized spacial score (nSPS) is 12.8. The van der Waals surface area contributed by atoms with Gasteiger partial charge < -0.3 is 5.11 Å². The Bertz CT molecular complexity index is 509. The second-order valence-electron chi connectivity index (χ2n) is 3.55. The molecular weight excluding hydrogens is 247 g/mol. The SMILES string of the molecule is Cc1ccc(C(O)c2ccc(Cl)s2)cc1F. The van der Waals surface area contributed by atoms with Crippen LogP contribution in [0.3, 0.4) is 0 Å². The lowest BCUT2D eigenvalue weighted by Crippen LogP contribution is -1.98. The van der Waals surface area contributed by atoms with Crippen LogP contribution in [-0.2, 0) is 0 Å². The second kappa shape index (κ2) is 4.53. The van der Waals surface area contributed by atoms with E-state index >= 15 is 0 Å². The van der Waals surface area contributed by atoms with Crippen molar-refractivity contribution in [3.05, 3.63) is 56.5 Å². The van der Waals surface area contributed by atoms with Gasteiger partial charge in [-0.15, -0.1) is 11.3 Å². The predicted molar refractivity (Wildman–Crippen MR) is 64.5 cm³/mol. The molecule has 0 aliphatic carbocycles. The van der Waals surface area contributed by atoms with Gasteiger partial charge in [0.25, 0.3) is 0 Å². The van der Waals surface area contributed by atoms with Crippen molar-refractivity contribution < 1.29 is 9.50 Å². The minimum absolute atomic E-state index is 0.306. The summed E-state index contributed by atoms with van der Waals surface area (Å²) in [6.45, 7) is 1.69. The van der Waals surface area contributed by atoms with E-state index in [2.05, 4.69) is 0 Å². The number of aliphatic hydroxyl groups is 1. The lowest BCUT2D eigenvalue weighted by atomic mass is 10.1. The lowest BCUT2D eigenvalue weighted by Gasteiger charge is -2.09. The third kappa shape index (κ3) is 2.26. The summed E-state index contributed by atoms with van der Waals surface area (Å²) in [6.07, 6.45) is -0.812. The molecule has 0 bridgehead atoms. The molecule has 4 heteroatoms. The molecule has 1 N–H and O–H groups in total. The van der Waals surface area contributed by atoms with E-state index in [0.29, 0.717) is 20.3 Å². The highest BCUT2D eigenvalue weighted by atomic mass is 35.5. The molecule has 0 radical (unpaired) electrons. The van der Waals surface area contributed by atoms with Crippen LogP contribution in [0.25, 0.3) is 0 Å². The Morgan fingerprint density at radius 3 is 2.62 bits per heavy atom. The molecule has 16 heavy (non-hydrogen) atoms. The van der Waals surface area contributed by atoms with Gasteiger partial charge >= 0.3 is 0 Å². The molecule has 1 heterocycles. The maximum absolute atomic E-state index is 13.3. The summed E-state index contributed by atoms with van der Waals surface area (Å²) in [4.78, 5) is 0.716. The van der Waals surface area contributed by atoms with Crippen LogP contribution in [0.2, 0.25) is 4.34 Å². The summed E-state index contributed by atoms with van der Waals surface area (Å²) in [5.74, 6) is -0.306. The molecule has 1 atom stereocenters. The zero-order valence-corrected chi connectivity index (χ0v) is 10.1. The van der Waals surface area contributed by atoms with Crippen molar-refractivity contribution in [1.29, 1.82) is 0 Å². The Morgan fingerprint density at radius 2 is 2.06 bits per heavy atom. The molecule has 2 aromatic rings. The number of thiophene rings is 1. The highest BCUT2D eigenvalue weighted by Crippen LogP contribution is 2.31. The van der Waals surface area contributed by atoms with E-state index in [1.165, 1.54) is 17.4 Å². The Hall–Kier alpha value is -0.900. The summed E-state index contributed by atoms with van der Waals surface area (Å²) in [5.41, 5.74) is 1.11. The van der Waals surface area contributed by atoms with Gasteiger partial charge in [0.2, 0.25) is 0 Å². The number of rotatable bonds is 2. The Kier molecular flexibility index (Phi) is 3.28. The molecule has 0 aliphatic heterocycles. The van der Waals surface area contributed by atoms with Crippen molar-refractivity contribution in [3.63, 3.8) is 0 Å². The monoisotopic (exact) mass is 256 g/mol. The van der Waals surface area contributed by atoms with Gasteiger partial charge in [-0.1, -0.05) is 23.7 Å². The van der Waals surface area contributed by atoms with Crippen LogP contribution in [0.1, 0.15) is 22.1 Å². The molecule has 1 unspecified atom stereocenters. The van der Waals surface area contributed by atoms with Gasteiger partial charge in [-0.05, 0) is 36.2 Å². The number of hydrogen-bond acceptors (Lipinski definition) is 2. The van der Waals surface area contributed by atoms with Crippen LogP contribution in [0.4, 0.5) is 4.39 Å². The van der Waals surface area contributed by atoms with Crippen LogP contribution in [0.5, 0.6) is 0 Å². The molecule has 1 aromatic heterocycles. The largest absolute Gasteiger partial charge is 0.383 e. The van der Waals surface area contributed by atoms with Gasteiger partial charge in [0, 0.05) is 4.88 Å². The third-order valence-electron chi connectivity index (χ3n) is 2.38. The molecule has 1 nitrogen and oxygen atoms in total. The topological polar surface area (TPSA) is 20.2 Å². The molecule has 1 aromatic carbocycles. The average Bonchev–Trinajstić information content (AvgIpc) is 2.68. The van der Waals surface area contributed by atoms with Gasteiger partial charge in [-0.2, -0.15) is 0 Å². The van der Waals surface area contributed by atoms with Crippen LogP contribution in [-0.4, -0.2) is 5.11 Å². The number of aryl methyl sites for hydroxylation is 1. The number of halogens is 2. The van der Waals surface area contributed by atoms with Crippen molar-refractivity contribution in [1.82, 2.24) is 0 Å².